The van der Waals surface area contributed by atoms with Gasteiger partial charge in [0.15, 0.2) is 5.43 Å². The second-order valence-electron chi connectivity index (χ2n) is 5.10. The SMILES string of the molecule is Cc1cc(=O)c(C(=O)NC(c2cccs2)C(C)C)c[nH]1. The highest BCUT2D eigenvalue weighted by molar-refractivity contribution is 7.10. The third-order valence-electron chi connectivity index (χ3n) is 3.10. The largest absolute Gasteiger partial charge is 0.364 e. The Bertz CT molecular complexity index is 644. The highest BCUT2D eigenvalue weighted by Gasteiger charge is 2.21. The lowest BCUT2D eigenvalue weighted by molar-refractivity contribution is 0.0925. The number of rotatable bonds is 4. The van der Waals surface area contributed by atoms with E-state index in [1.807, 2.05) is 31.4 Å². The van der Waals surface area contributed by atoms with Crippen LogP contribution in [0.25, 0.3) is 0 Å². The van der Waals surface area contributed by atoms with Gasteiger partial charge in [0.1, 0.15) is 5.56 Å². The van der Waals surface area contributed by atoms with E-state index in [4.69, 9.17) is 0 Å². The Morgan fingerprint density at radius 3 is 2.70 bits per heavy atom. The molecular weight excluding hydrogens is 272 g/mol. The van der Waals surface area contributed by atoms with Crippen LogP contribution in [0, 0.1) is 12.8 Å². The van der Waals surface area contributed by atoms with Gasteiger partial charge < -0.3 is 10.3 Å². The van der Waals surface area contributed by atoms with Gasteiger partial charge in [0, 0.05) is 22.8 Å². The van der Waals surface area contributed by atoms with E-state index < -0.39 is 0 Å². The Hall–Kier alpha value is -1.88. The zero-order valence-corrected chi connectivity index (χ0v) is 12.6. The maximum absolute atomic E-state index is 12.3. The maximum Gasteiger partial charge on any atom is 0.257 e. The van der Waals surface area contributed by atoms with E-state index in [-0.39, 0.29) is 28.9 Å². The first-order chi connectivity index (χ1) is 9.49. The molecule has 0 aliphatic heterocycles. The number of H-pyrrole nitrogens is 1. The van der Waals surface area contributed by atoms with Crippen LogP contribution in [0.15, 0.2) is 34.6 Å². The molecule has 106 valence electrons. The lowest BCUT2D eigenvalue weighted by Gasteiger charge is -2.21. The molecule has 0 radical (unpaired) electrons. The van der Waals surface area contributed by atoms with Crippen LogP contribution in [0.5, 0.6) is 0 Å². The fourth-order valence-electron chi connectivity index (χ4n) is 2.00. The number of aromatic nitrogens is 1. The van der Waals surface area contributed by atoms with Gasteiger partial charge in [0.2, 0.25) is 0 Å². The number of nitrogens with one attached hydrogen (secondary N) is 2. The molecule has 0 spiro atoms. The van der Waals surface area contributed by atoms with Crippen molar-refractivity contribution in [2.45, 2.75) is 26.8 Å². The summed E-state index contributed by atoms with van der Waals surface area (Å²) in [6, 6.07) is 5.31. The van der Waals surface area contributed by atoms with Crippen LogP contribution in [0.4, 0.5) is 0 Å². The molecule has 1 amide bonds. The summed E-state index contributed by atoms with van der Waals surface area (Å²) < 4.78 is 0. The molecule has 2 aromatic rings. The van der Waals surface area contributed by atoms with Gasteiger partial charge in [-0.25, -0.2) is 0 Å². The molecule has 2 rings (SSSR count). The van der Waals surface area contributed by atoms with Crippen molar-refractivity contribution >= 4 is 17.2 Å². The van der Waals surface area contributed by atoms with Crippen LogP contribution in [0.2, 0.25) is 0 Å². The molecule has 2 aromatic heterocycles. The van der Waals surface area contributed by atoms with E-state index in [0.717, 1.165) is 10.6 Å². The molecular formula is C15H18N2O2S. The van der Waals surface area contributed by atoms with Crippen LogP contribution in [0.1, 0.15) is 40.8 Å². The average Bonchev–Trinajstić information content (AvgIpc) is 2.88. The molecule has 0 saturated carbocycles. The summed E-state index contributed by atoms with van der Waals surface area (Å²) in [6.07, 6.45) is 1.47. The monoisotopic (exact) mass is 290 g/mol. The highest BCUT2D eigenvalue weighted by atomic mass is 32.1. The Balaban J connectivity index is 2.23. The molecule has 0 bridgehead atoms. The van der Waals surface area contributed by atoms with Gasteiger partial charge >= 0.3 is 0 Å². The van der Waals surface area contributed by atoms with Crippen LogP contribution >= 0.6 is 11.3 Å². The Morgan fingerprint density at radius 1 is 1.40 bits per heavy atom. The molecule has 0 aromatic carbocycles. The number of pyridine rings is 1. The van der Waals surface area contributed by atoms with Crippen LogP contribution in [0.3, 0.4) is 0 Å². The van der Waals surface area contributed by atoms with Crippen LogP contribution < -0.4 is 10.7 Å². The molecule has 2 N–H and O–H groups in total. The standard InChI is InChI=1S/C15H18N2O2S/c1-9(2)14(13-5-4-6-20-13)17-15(19)11-8-16-10(3)7-12(11)18/h4-9,14H,1-3H3,(H,16,18)(H,17,19). The van der Waals surface area contributed by atoms with Crippen molar-refractivity contribution in [1.82, 2.24) is 10.3 Å². The van der Waals surface area contributed by atoms with Gasteiger partial charge in [-0.3, -0.25) is 9.59 Å². The second kappa shape index (κ2) is 6.05. The van der Waals surface area contributed by atoms with Gasteiger partial charge in [-0.05, 0) is 24.3 Å². The topological polar surface area (TPSA) is 62.0 Å². The summed E-state index contributed by atoms with van der Waals surface area (Å²) >= 11 is 1.60. The van der Waals surface area contributed by atoms with E-state index in [1.165, 1.54) is 12.3 Å². The number of carbonyl (C=O) groups excluding carboxylic acids is 1. The number of hydrogen-bond donors (Lipinski definition) is 2. The van der Waals surface area contributed by atoms with E-state index in [0.29, 0.717) is 0 Å². The van der Waals surface area contributed by atoms with E-state index >= 15 is 0 Å². The van der Waals surface area contributed by atoms with Crippen molar-refractivity contribution in [2.75, 3.05) is 0 Å². The van der Waals surface area contributed by atoms with Gasteiger partial charge in [0.05, 0.1) is 6.04 Å². The molecule has 4 nitrogen and oxygen atoms in total. The van der Waals surface area contributed by atoms with Gasteiger partial charge in [-0.1, -0.05) is 19.9 Å². The summed E-state index contributed by atoms with van der Waals surface area (Å²) in [5, 5.41) is 4.93. The number of hydrogen-bond acceptors (Lipinski definition) is 3. The number of aryl methyl sites for hydroxylation is 1. The molecule has 0 aliphatic carbocycles. The maximum atomic E-state index is 12.3. The molecule has 1 atom stereocenters. The van der Waals surface area contributed by atoms with E-state index in [2.05, 4.69) is 10.3 Å². The van der Waals surface area contributed by atoms with Crippen molar-refractivity contribution in [3.8, 4) is 0 Å². The quantitative estimate of drug-likeness (QED) is 0.909. The minimum Gasteiger partial charge on any atom is -0.364 e. The van der Waals surface area contributed by atoms with E-state index in [9.17, 15) is 9.59 Å². The summed E-state index contributed by atoms with van der Waals surface area (Å²) in [5.41, 5.74) is 0.635. The fraction of sp³-hybridized carbons (Fsp3) is 0.333. The first-order valence-electron chi connectivity index (χ1n) is 6.52. The van der Waals surface area contributed by atoms with E-state index in [1.54, 1.807) is 18.3 Å². The lowest BCUT2D eigenvalue weighted by atomic mass is 10.0. The minimum atomic E-state index is -0.335. The zero-order chi connectivity index (χ0) is 14.7. The number of aromatic amines is 1. The van der Waals surface area contributed by atoms with Crippen molar-refractivity contribution in [3.63, 3.8) is 0 Å². The summed E-state index contributed by atoms with van der Waals surface area (Å²) in [6.45, 7) is 5.87. The first-order valence-corrected chi connectivity index (χ1v) is 7.40. The second-order valence-corrected chi connectivity index (χ2v) is 6.08. The highest BCUT2D eigenvalue weighted by Crippen LogP contribution is 2.25. The summed E-state index contributed by atoms with van der Waals surface area (Å²) in [7, 11) is 0. The van der Waals surface area contributed by atoms with Crippen LogP contribution in [-0.2, 0) is 0 Å². The average molecular weight is 290 g/mol. The predicted molar refractivity (Wildman–Crippen MR) is 81.2 cm³/mol. The van der Waals surface area contributed by atoms with Crippen molar-refractivity contribution in [3.05, 3.63) is 56.1 Å². The lowest BCUT2D eigenvalue weighted by Crippen LogP contribution is -2.34. The van der Waals surface area contributed by atoms with Gasteiger partial charge in [-0.15, -0.1) is 11.3 Å². The zero-order valence-electron chi connectivity index (χ0n) is 11.8. The molecule has 20 heavy (non-hydrogen) atoms. The third-order valence-corrected chi connectivity index (χ3v) is 4.06. The molecule has 2 heterocycles. The van der Waals surface area contributed by atoms with Gasteiger partial charge in [-0.2, -0.15) is 0 Å². The molecule has 1 unspecified atom stereocenters. The fourth-order valence-corrected chi connectivity index (χ4v) is 2.95. The summed E-state index contributed by atoms with van der Waals surface area (Å²) in [4.78, 5) is 28.1. The number of amides is 1. The Kier molecular flexibility index (Phi) is 4.39. The number of carbonyl (C=O) groups is 1. The molecule has 5 heteroatoms. The van der Waals surface area contributed by atoms with Crippen molar-refractivity contribution in [2.24, 2.45) is 5.92 Å². The van der Waals surface area contributed by atoms with Crippen molar-refractivity contribution in [1.29, 1.82) is 0 Å². The predicted octanol–water partition coefficient (Wildman–Crippen LogP) is 2.87. The van der Waals surface area contributed by atoms with Crippen LogP contribution in [-0.4, -0.2) is 10.9 Å². The number of thiophene rings is 1. The minimum absolute atomic E-state index is 0.0804. The molecule has 0 fully saturated rings. The first kappa shape index (κ1) is 14.5. The van der Waals surface area contributed by atoms with Gasteiger partial charge in [0.25, 0.3) is 5.91 Å². The molecule has 0 saturated heterocycles. The molecule has 0 aliphatic rings. The third kappa shape index (κ3) is 3.17. The Labute approximate surface area is 121 Å². The summed E-state index contributed by atoms with van der Waals surface area (Å²) in [5.74, 6) is -0.0829. The Morgan fingerprint density at radius 2 is 2.15 bits per heavy atom. The smallest absolute Gasteiger partial charge is 0.257 e. The van der Waals surface area contributed by atoms with Crippen molar-refractivity contribution < 1.29 is 4.79 Å². The normalized spacial score (nSPS) is 12.4.